The molecule has 10 heteroatoms. The van der Waals surface area contributed by atoms with Crippen molar-refractivity contribution in [2.24, 2.45) is 0 Å². The summed E-state index contributed by atoms with van der Waals surface area (Å²) in [5, 5.41) is 10.1. The molecule has 0 aliphatic carbocycles. The van der Waals surface area contributed by atoms with Gasteiger partial charge in [-0.25, -0.2) is 4.79 Å². The largest absolute Gasteiger partial charge is 0.489 e. The lowest BCUT2D eigenvalue weighted by Crippen LogP contribution is -2.44. The lowest BCUT2D eigenvalue weighted by Gasteiger charge is -2.16. The van der Waals surface area contributed by atoms with E-state index in [2.05, 4.69) is 5.43 Å². The van der Waals surface area contributed by atoms with Crippen molar-refractivity contribution in [1.29, 1.82) is 0 Å². The Morgan fingerprint density at radius 1 is 1.08 bits per heavy atom. The predicted molar refractivity (Wildman–Crippen MR) is 149 cm³/mol. The lowest BCUT2D eigenvalue weighted by atomic mass is 10.2. The molecule has 38 heavy (non-hydrogen) atoms. The Balaban J connectivity index is 1.37. The average Bonchev–Trinajstić information content (AvgIpc) is 3.16. The van der Waals surface area contributed by atoms with Gasteiger partial charge in [0.15, 0.2) is 10.4 Å². The molecule has 0 spiro atoms. The number of aliphatic carboxylic acids is 1. The molecule has 1 heterocycles. The predicted octanol–water partition coefficient (Wildman–Crippen LogP) is 4.97. The Bertz CT molecular complexity index is 1400. The summed E-state index contributed by atoms with van der Waals surface area (Å²) >= 11 is 6.35. The molecule has 0 radical (unpaired) electrons. The molecule has 1 aliphatic heterocycles. The minimum atomic E-state index is -1.09. The van der Waals surface area contributed by atoms with Crippen LogP contribution in [0.4, 0.5) is 0 Å². The third kappa shape index (κ3) is 6.78. The summed E-state index contributed by atoms with van der Waals surface area (Å²) in [5.74, 6) is -1.10. The first kappa shape index (κ1) is 26.9. The van der Waals surface area contributed by atoms with Crippen LogP contribution in [0.15, 0.2) is 77.7 Å². The van der Waals surface area contributed by atoms with E-state index in [1.807, 2.05) is 31.2 Å². The van der Waals surface area contributed by atoms with Gasteiger partial charge >= 0.3 is 5.97 Å². The van der Waals surface area contributed by atoms with Crippen molar-refractivity contribution >= 4 is 52.2 Å². The molecule has 8 nitrogen and oxygen atoms in total. The van der Waals surface area contributed by atoms with E-state index in [1.165, 1.54) is 12.5 Å². The second-order valence-corrected chi connectivity index (χ2v) is 10.1. The summed E-state index contributed by atoms with van der Waals surface area (Å²) < 4.78 is 11.3. The number of nitrogens with one attached hydrogen (secondary N) is 1. The number of carbonyl (C=O) groups is 3. The maximum atomic E-state index is 12.9. The van der Waals surface area contributed by atoms with Crippen molar-refractivity contribution in [3.05, 3.63) is 100.0 Å². The zero-order valence-electron chi connectivity index (χ0n) is 20.5. The van der Waals surface area contributed by atoms with E-state index >= 15 is 0 Å². The quantitative estimate of drug-likeness (QED) is 0.285. The highest BCUT2D eigenvalue weighted by Gasteiger charge is 2.33. The molecule has 194 valence electrons. The Hall–Kier alpha value is -4.15. The Labute approximate surface area is 229 Å². The molecule has 1 aliphatic rings. The number of aryl methyl sites for hydroxylation is 1. The summed E-state index contributed by atoms with van der Waals surface area (Å²) in [4.78, 5) is 37.1. The summed E-state index contributed by atoms with van der Waals surface area (Å²) in [5.41, 5.74) is 5.72. The summed E-state index contributed by atoms with van der Waals surface area (Å²) in [7, 11) is 0. The summed E-state index contributed by atoms with van der Waals surface area (Å²) in [6.07, 6.45) is 0.580. The molecule has 1 fully saturated rings. The molecule has 1 saturated heterocycles. The zero-order valence-corrected chi connectivity index (χ0v) is 22.2. The molecule has 0 aromatic heterocycles. The van der Waals surface area contributed by atoms with Crippen LogP contribution in [-0.4, -0.2) is 38.3 Å². The fourth-order valence-electron chi connectivity index (χ4n) is 3.37. The molecule has 2 amide bonds. The van der Waals surface area contributed by atoms with Crippen LogP contribution in [0.3, 0.4) is 0 Å². The first-order chi connectivity index (χ1) is 18.2. The first-order valence-corrected chi connectivity index (χ1v) is 12.8. The number of amides is 2. The molecule has 1 atom stereocenters. The van der Waals surface area contributed by atoms with Gasteiger partial charge in [0.2, 0.25) is 0 Å². The van der Waals surface area contributed by atoms with E-state index in [1.54, 1.807) is 54.6 Å². The lowest BCUT2D eigenvalue weighted by molar-refractivity contribution is -0.144. The van der Waals surface area contributed by atoms with Gasteiger partial charge in [0.25, 0.3) is 11.8 Å². The Kier molecular flexibility index (Phi) is 8.45. The third-order valence-corrected chi connectivity index (χ3v) is 6.77. The van der Waals surface area contributed by atoms with Gasteiger partial charge in [-0.1, -0.05) is 53.7 Å². The van der Waals surface area contributed by atoms with Gasteiger partial charge < -0.3 is 14.6 Å². The topological polar surface area (TPSA) is 105 Å². The van der Waals surface area contributed by atoms with Crippen molar-refractivity contribution in [2.45, 2.75) is 26.6 Å². The van der Waals surface area contributed by atoms with Crippen LogP contribution in [0.25, 0.3) is 6.08 Å². The Morgan fingerprint density at radius 3 is 2.47 bits per heavy atom. The maximum Gasteiger partial charge on any atom is 0.344 e. The van der Waals surface area contributed by atoms with E-state index < -0.39 is 23.9 Å². The molecular formula is C28H24N2O6S2. The minimum absolute atomic E-state index is 0.180. The van der Waals surface area contributed by atoms with Crippen LogP contribution in [0.1, 0.15) is 34.0 Å². The van der Waals surface area contributed by atoms with Crippen molar-refractivity contribution in [3.8, 4) is 11.5 Å². The SMILES string of the molecule is Cc1ccc(COc2ccc(C(=O)NN3C(=O)/C(=C\c4cccc(OC(C)C(=O)O)c4)SC3=S)cc2)cc1. The highest BCUT2D eigenvalue weighted by Crippen LogP contribution is 2.32. The van der Waals surface area contributed by atoms with E-state index in [0.29, 0.717) is 34.1 Å². The zero-order chi connectivity index (χ0) is 27.2. The van der Waals surface area contributed by atoms with Crippen LogP contribution < -0.4 is 14.9 Å². The fourth-order valence-corrected chi connectivity index (χ4v) is 4.55. The number of thioether (sulfide) groups is 1. The number of carbonyl (C=O) groups excluding carboxylic acids is 2. The number of ether oxygens (including phenoxy) is 2. The number of rotatable bonds is 9. The minimum Gasteiger partial charge on any atom is -0.489 e. The van der Waals surface area contributed by atoms with E-state index in [-0.39, 0.29) is 4.32 Å². The summed E-state index contributed by atoms with van der Waals surface area (Å²) in [6, 6.07) is 21.3. The monoisotopic (exact) mass is 548 g/mol. The van der Waals surface area contributed by atoms with Gasteiger partial charge in [-0.05, 0) is 79.7 Å². The number of hydrogen-bond acceptors (Lipinski definition) is 7. The molecule has 0 saturated carbocycles. The average molecular weight is 549 g/mol. The van der Waals surface area contributed by atoms with Gasteiger partial charge in [0, 0.05) is 5.56 Å². The molecule has 0 bridgehead atoms. The van der Waals surface area contributed by atoms with E-state index in [0.717, 1.165) is 22.3 Å². The molecule has 3 aromatic carbocycles. The molecule has 1 unspecified atom stereocenters. The van der Waals surface area contributed by atoms with Crippen molar-refractivity contribution in [3.63, 3.8) is 0 Å². The highest BCUT2D eigenvalue weighted by molar-refractivity contribution is 8.26. The number of hydrazine groups is 1. The third-order valence-electron chi connectivity index (χ3n) is 5.47. The van der Waals surface area contributed by atoms with Gasteiger partial charge in [0.1, 0.15) is 18.1 Å². The number of carboxylic acid groups (broad SMARTS) is 1. The van der Waals surface area contributed by atoms with Gasteiger partial charge in [-0.2, -0.15) is 5.01 Å². The standard InChI is InChI=1S/C28H24N2O6S2/c1-17-6-8-19(9-7-17)16-35-22-12-10-21(11-13-22)25(31)29-30-26(32)24(38-28(30)37)15-20-4-3-5-23(14-20)36-18(2)27(33)34/h3-15,18H,16H2,1-2H3,(H,29,31)(H,33,34)/b24-15+. The van der Waals surface area contributed by atoms with E-state index in [9.17, 15) is 14.4 Å². The number of carboxylic acids is 1. The molecule has 4 rings (SSSR count). The van der Waals surface area contributed by atoms with Crippen molar-refractivity contribution in [2.75, 3.05) is 0 Å². The van der Waals surface area contributed by atoms with Crippen LogP contribution >= 0.6 is 24.0 Å². The molecular weight excluding hydrogens is 524 g/mol. The van der Waals surface area contributed by atoms with Crippen molar-refractivity contribution in [1.82, 2.24) is 10.4 Å². The fraction of sp³-hybridized carbons (Fsp3) is 0.143. The normalized spacial score (nSPS) is 14.9. The number of thiocarbonyl (C=S) groups is 1. The highest BCUT2D eigenvalue weighted by atomic mass is 32.2. The number of benzene rings is 3. The molecule has 2 N–H and O–H groups in total. The summed E-state index contributed by atoms with van der Waals surface area (Å²) in [6.45, 7) is 3.85. The maximum absolute atomic E-state index is 12.9. The van der Waals surface area contributed by atoms with Gasteiger partial charge in [-0.15, -0.1) is 0 Å². The van der Waals surface area contributed by atoms with E-state index in [4.69, 9.17) is 26.8 Å². The van der Waals surface area contributed by atoms with Crippen LogP contribution in [0.2, 0.25) is 0 Å². The second kappa shape index (κ2) is 11.9. The Morgan fingerprint density at radius 2 is 1.79 bits per heavy atom. The first-order valence-electron chi connectivity index (χ1n) is 11.6. The van der Waals surface area contributed by atoms with Crippen LogP contribution in [-0.2, 0) is 16.2 Å². The van der Waals surface area contributed by atoms with Gasteiger partial charge in [-0.3, -0.25) is 15.0 Å². The number of nitrogens with zero attached hydrogens (tertiary/aromatic N) is 1. The van der Waals surface area contributed by atoms with Crippen molar-refractivity contribution < 1.29 is 29.0 Å². The van der Waals surface area contributed by atoms with Crippen LogP contribution in [0.5, 0.6) is 11.5 Å². The number of hydrogen-bond donors (Lipinski definition) is 2. The smallest absolute Gasteiger partial charge is 0.344 e. The molecule has 3 aromatic rings. The van der Waals surface area contributed by atoms with Gasteiger partial charge in [0.05, 0.1) is 4.91 Å². The second-order valence-electron chi connectivity index (χ2n) is 8.43. The van der Waals surface area contributed by atoms with Crippen LogP contribution in [0, 0.1) is 6.92 Å².